The third kappa shape index (κ3) is 21.8. The van der Waals surface area contributed by atoms with E-state index in [0.29, 0.717) is 19.3 Å². The molecule has 0 spiro atoms. The van der Waals surface area contributed by atoms with E-state index in [9.17, 15) is 40.5 Å². The van der Waals surface area contributed by atoms with Crippen molar-refractivity contribution in [3.63, 3.8) is 0 Å². The summed E-state index contributed by atoms with van der Waals surface area (Å²) in [5.41, 5.74) is 0. The summed E-state index contributed by atoms with van der Waals surface area (Å²) in [4.78, 5) is 13.0. The Kier molecular flexibility index (Phi) is 28.9. The van der Waals surface area contributed by atoms with E-state index in [1.165, 1.54) is 77.0 Å². The van der Waals surface area contributed by atoms with E-state index in [-0.39, 0.29) is 12.8 Å². The Morgan fingerprint density at radius 2 is 1.24 bits per heavy atom. The first kappa shape index (κ1) is 47.6. The molecule has 51 heavy (non-hydrogen) atoms. The fourth-order valence-corrected chi connectivity index (χ4v) is 6.40. The Bertz CT molecular complexity index is 887. The van der Waals surface area contributed by atoms with Gasteiger partial charge in [-0.05, 0) is 45.4 Å². The van der Waals surface area contributed by atoms with E-state index in [2.05, 4.69) is 24.4 Å². The summed E-state index contributed by atoms with van der Waals surface area (Å²) in [5.74, 6) is -0.714. The summed E-state index contributed by atoms with van der Waals surface area (Å²) >= 11 is 0. The Labute approximate surface area is 308 Å². The van der Waals surface area contributed by atoms with E-state index in [4.69, 9.17) is 9.47 Å². The third-order valence-corrected chi connectivity index (χ3v) is 9.83. The van der Waals surface area contributed by atoms with E-state index in [1.54, 1.807) is 0 Å². The van der Waals surface area contributed by atoms with Gasteiger partial charge in [-0.1, -0.05) is 134 Å². The zero-order chi connectivity index (χ0) is 37.7. The van der Waals surface area contributed by atoms with Gasteiger partial charge in [0.1, 0.15) is 36.6 Å². The van der Waals surface area contributed by atoms with Crippen LogP contribution in [0.3, 0.4) is 0 Å². The molecule has 11 nitrogen and oxygen atoms in total. The molecular weight excluding hydrogens is 654 g/mol. The van der Waals surface area contributed by atoms with Crippen molar-refractivity contribution in [1.29, 1.82) is 0 Å². The molecule has 300 valence electrons. The molecule has 1 heterocycles. The van der Waals surface area contributed by atoms with Gasteiger partial charge in [0.15, 0.2) is 6.29 Å². The molecule has 1 aliphatic rings. The molecule has 0 aromatic rings. The molecule has 0 aromatic carbocycles. The van der Waals surface area contributed by atoms with E-state index in [0.717, 1.165) is 32.1 Å². The molecule has 11 heteroatoms. The van der Waals surface area contributed by atoms with E-state index >= 15 is 0 Å². The van der Waals surface area contributed by atoms with Crippen LogP contribution in [0.25, 0.3) is 0 Å². The molecule has 9 unspecified atom stereocenters. The number of carbonyl (C=O) groups excluding carboxylic acids is 1. The van der Waals surface area contributed by atoms with Gasteiger partial charge < -0.3 is 50.5 Å². The minimum absolute atomic E-state index is 0.245. The van der Waals surface area contributed by atoms with Crippen molar-refractivity contribution >= 4 is 5.91 Å². The molecule has 0 radical (unpaired) electrons. The highest BCUT2D eigenvalue weighted by molar-refractivity contribution is 5.80. The lowest BCUT2D eigenvalue weighted by atomic mass is 9.98. The minimum atomic E-state index is -1.67. The zero-order valence-corrected chi connectivity index (χ0v) is 31.8. The summed E-state index contributed by atoms with van der Waals surface area (Å²) in [6, 6.07) is -1.18. The van der Waals surface area contributed by atoms with Gasteiger partial charge in [0, 0.05) is 0 Å². The van der Waals surface area contributed by atoms with Crippen molar-refractivity contribution < 1.29 is 50.0 Å². The van der Waals surface area contributed by atoms with Gasteiger partial charge >= 0.3 is 0 Å². The molecule has 9 atom stereocenters. The van der Waals surface area contributed by atoms with Crippen LogP contribution in [0.4, 0.5) is 0 Å². The third-order valence-electron chi connectivity index (χ3n) is 9.83. The van der Waals surface area contributed by atoms with Crippen LogP contribution in [-0.4, -0.2) is 110 Å². The second kappa shape index (κ2) is 31.0. The lowest BCUT2D eigenvalue weighted by molar-refractivity contribution is -0.303. The number of carbonyl (C=O) groups is 1. The normalized spacial score (nSPS) is 23.5. The van der Waals surface area contributed by atoms with Crippen molar-refractivity contribution in [1.82, 2.24) is 5.32 Å². The number of aliphatic hydroxyl groups is 7. The molecule has 0 bridgehead atoms. The first-order chi connectivity index (χ1) is 24.7. The quantitative estimate of drug-likeness (QED) is 0.0342. The SMILES string of the molecule is C/C=C/CC/C=C/CCCC(O)C(O)C(COC1OC(CO)C(O)C(O)C1O)NC(=O)C(O)CCCCCCCCCCCCCCCCCC. The number of hydrogen-bond acceptors (Lipinski definition) is 10. The number of allylic oxidation sites excluding steroid dienone is 4. The second-order valence-corrected chi connectivity index (χ2v) is 14.4. The van der Waals surface area contributed by atoms with Crippen LogP contribution < -0.4 is 5.32 Å². The lowest BCUT2D eigenvalue weighted by Gasteiger charge is -2.40. The summed E-state index contributed by atoms with van der Waals surface area (Å²) < 4.78 is 11.0. The van der Waals surface area contributed by atoms with Crippen molar-refractivity contribution in [2.24, 2.45) is 0 Å². The Balaban J connectivity index is 2.49. The van der Waals surface area contributed by atoms with Crippen molar-refractivity contribution in [2.45, 2.75) is 210 Å². The van der Waals surface area contributed by atoms with Crippen LogP contribution in [-0.2, 0) is 14.3 Å². The number of ether oxygens (including phenoxy) is 2. The average molecular weight is 730 g/mol. The number of nitrogens with one attached hydrogen (secondary N) is 1. The molecular formula is C40H75NO10. The van der Waals surface area contributed by atoms with Crippen LogP contribution in [0.1, 0.15) is 155 Å². The minimum Gasteiger partial charge on any atom is -0.394 e. The summed E-state index contributed by atoms with van der Waals surface area (Å²) in [6.07, 6.45) is 19.9. The van der Waals surface area contributed by atoms with Crippen LogP contribution >= 0.6 is 0 Å². The molecule has 1 rings (SSSR count). The molecule has 0 aromatic heterocycles. The maximum absolute atomic E-state index is 13.0. The fraction of sp³-hybridized carbons (Fsp3) is 0.875. The number of amides is 1. The van der Waals surface area contributed by atoms with Crippen molar-refractivity contribution in [3.8, 4) is 0 Å². The molecule has 1 fully saturated rings. The van der Waals surface area contributed by atoms with E-state index in [1.807, 2.05) is 19.1 Å². The predicted molar refractivity (Wildman–Crippen MR) is 201 cm³/mol. The lowest BCUT2D eigenvalue weighted by Crippen LogP contribution is -2.60. The maximum Gasteiger partial charge on any atom is 0.249 e. The Morgan fingerprint density at radius 3 is 1.78 bits per heavy atom. The summed E-state index contributed by atoms with van der Waals surface area (Å²) in [7, 11) is 0. The molecule has 1 aliphatic heterocycles. The number of aliphatic hydroxyl groups excluding tert-OH is 7. The van der Waals surface area contributed by atoms with Gasteiger partial charge in [-0.25, -0.2) is 0 Å². The monoisotopic (exact) mass is 730 g/mol. The summed E-state index contributed by atoms with van der Waals surface area (Å²) in [5, 5.41) is 75.0. The van der Waals surface area contributed by atoms with Crippen molar-refractivity contribution in [2.75, 3.05) is 13.2 Å². The van der Waals surface area contributed by atoms with Gasteiger partial charge in [-0.15, -0.1) is 0 Å². The van der Waals surface area contributed by atoms with E-state index < -0.39 is 74.2 Å². The molecule has 0 aliphatic carbocycles. The Morgan fingerprint density at radius 1 is 0.706 bits per heavy atom. The van der Waals surface area contributed by atoms with Crippen LogP contribution in [0.2, 0.25) is 0 Å². The molecule has 8 N–H and O–H groups in total. The first-order valence-electron chi connectivity index (χ1n) is 20.2. The van der Waals surface area contributed by atoms with Gasteiger partial charge in [0.05, 0.1) is 25.4 Å². The number of unbranched alkanes of at least 4 members (excludes halogenated alkanes) is 17. The first-order valence-corrected chi connectivity index (χ1v) is 20.2. The fourth-order valence-electron chi connectivity index (χ4n) is 6.40. The van der Waals surface area contributed by atoms with Gasteiger partial charge in [0.25, 0.3) is 0 Å². The van der Waals surface area contributed by atoms with Crippen LogP contribution in [0.15, 0.2) is 24.3 Å². The molecule has 1 amide bonds. The van der Waals surface area contributed by atoms with Gasteiger partial charge in [-0.2, -0.15) is 0 Å². The Hall–Kier alpha value is -1.41. The van der Waals surface area contributed by atoms with Crippen LogP contribution in [0, 0.1) is 0 Å². The largest absolute Gasteiger partial charge is 0.394 e. The predicted octanol–water partition coefficient (Wildman–Crippen LogP) is 5.10. The standard InChI is InChI=1S/C40H75NO10/c1-3-5-7-9-11-13-14-15-16-17-18-19-20-22-24-26-28-33(44)39(49)41-31(30-50-40-38(48)37(47)36(46)34(29-42)51-40)35(45)32(43)27-25-23-21-12-10-8-6-4-2/h4,6,12,21,31-38,40,42-48H,3,5,7-11,13-20,22-30H2,1-2H3,(H,41,49)/b6-4+,21-12+. The number of hydrogen-bond donors (Lipinski definition) is 8. The molecule has 1 saturated heterocycles. The average Bonchev–Trinajstić information content (AvgIpc) is 3.13. The molecule has 0 saturated carbocycles. The summed E-state index contributed by atoms with van der Waals surface area (Å²) in [6.45, 7) is 3.15. The topological polar surface area (TPSA) is 189 Å². The van der Waals surface area contributed by atoms with Crippen LogP contribution in [0.5, 0.6) is 0 Å². The van der Waals surface area contributed by atoms with Gasteiger partial charge in [0.2, 0.25) is 5.91 Å². The smallest absolute Gasteiger partial charge is 0.249 e. The number of rotatable bonds is 32. The zero-order valence-electron chi connectivity index (χ0n) is 31.8. The maximum atomic E-state index is 13.0. The van der Waals surface area contributed by atoms with Crippen molar-refractivity contribution in [3.05, 3.63) is 24.3 Å². The highest BCUT2D eigenvalue weighted by Crippen LogP contribution is 2.23. The van der Waals surface area contributed by atoms with Gasteiger partial charge in [-0.3, -0.25) is 4.79 Å². The highest BCUT2D eigenvalue weighted by atomic mass is 16.7. The second-order valence-electron chi connectivity index (χ2n) is 14.4. The highest BCUT2D eigenvalue weighted by Gasteiger charge is 2.44.